The fourth-order valence-electron chi connectivity index (χ4n) is 2.32. The van der Waals surface area contributed by atoms with Gasteiger partial charge in [-0.15, -0.1) is 0 Å². The van der Waals surface area contributed by atoms with Crippen LogP contribution in [-0.2, 0) is 0 Å². The maximum absolute atomic E-state index is 11.5. The van der Waals surface area contributed by atoms with Crippen LogP contribution in [0.5, 0.6) is 17.2 Å². The number of hydrogen-bond donors (Lipinski definition) is 1. The molecule has 3 rings (SSSR count). The largest absolute Gasteiger partial charge is 0.499 e. The van der Waals surface area contributed by atoms with Gasteiger partial charge < -0.3 is 14.6 Å². The lowest BCUT2D eigenvalue weighted by Crippen LogP contribution is -2.46. The lowest BCUT2D eigenvalue weighted by Gasteiger charge is -2.06. The van der Waals surface area contributed by atoms with Gasteiger partial charge in [0.15, 0.2) is 12.4 Å². The lowest BCUT2D eigenvalue weighted by atomic mass is 10.2. The van der Waals surface area contributed by atoms with Gasteiger partial charge in [0, 0.05) is 30.0 Å². The second-order valence-corrected chi connectivity index (χ2v) is 5.19. The molecule has 3 aromatic rings. The molecule has 7 nitrogen and oxygen atoms in total. The standard InChI is InChI=1S/C18H14N2O5/c1-24-12-3-4-13(14(9-12)25-2)19-10-11-5-7-20(8-6-11)15-16(21)18(23)17(15)22/h3-10H,1-2H3/p+1. The fraction of sp³-hybridized carbons (Fsp3) is 0.111. The van der Waals surface area contributed by atoms with Crippen LogP contribution >= 0.6 is 0 Å². The number of methoxy groups -OCH3 is 2. The smallest absolute Gasteiger partial charge is 0.309 e. The van der Waals surface area contributed by atoms with Crippen molar-refractivity contribution in [3.63, 3.8) is 0 Å². The molecule has 0 radical (unpaired) electrons. The van der Waals surface area contributed by atoms with E-state index in [1.165, 1.54) is 4.57 Å². The van der Waals surface area contributed by atoms with Crippen LogP contribution in [0.2, 0.25) is 0 Å². The van der Waals surface area contributed by atoms with E-state index in [-0.39, 0.29) is 5.69 Å². The molecule has 0 fully saturated rings. The van der Waals surface area contributed by atoms with Gasteiger partial charge in [-0.3, -0.25) is 14.6 Å². The average molecular weight is 339 g/mol. The van der Waals surface area contributed by atoms with Crippen LogP contribution < -0.4 is 24.9 Å². The van der Waals surface area contributed by atoms with E-state index in [1.807, 2.05) is 0 Å². The first-order valence-corrected chi connectivity index (χ1v) is 7.35. The molecule has 0 atom stereocenters. The zero-order chi connectivity index (χ0) is 18.0. The second kappa shape index (κ2) is 6.56. The molecule has 0 aliphatic heterocycles. The van der Waals surface area contributed by atoms with Crippen LogP contribution in [0.4, 0.5) is 5.69 Å². The quantitative estimate of drug-likeness (QED) is 0.426. The first kappa shape index (κ1) is 16.4. The number of aromatic nitrogens is 1. The van der Waals surface area contributed by atoms with E-state index in [4.69, 9.17) is 9.47 Å². The van der Waals surface area contributed by atoms with Crippen LogP contribution in [0.3, 0.4) is 0 Å². The third kappa shape index (κ3) is 2.99. The highest BCUT2D eigenvalue weighted by atomic mass is 16.5. The van der Waals surface area contributed by atoms with E-state index in [0.717, 1.165) is 5.56 Å². The summed E-state index contributed by atoms with van der Waals surface area (Å²) in [5.41, 5.74) is -0.176. The molecule has 0 aliphatic rings. The molecule has 0 spiro atoms. The van der Waals surface area contributed by atoms with Crippen LogP contribution in [0, 0.1) is 0 Å². The molecule has 7 heteroatoms. The number of hydrogen-bond acceptors (Lipinski definition) is 6. The van der Waals surface area contributed by atoms with Gasteiger partial charge in [0.05, 0.1) is 14.2 Å². The van der Waals surface area contributed by atoms with Crippen molar-refractivity contribution in [2.24, 2.45) is 4.99 Å². The summed E-state index contributed by atoms with van der Waals surface area (Å²) in [7, 11) is 3.13. The van der Waals surface area contributed by atoms with Gasteiger partial charge in [0.1, 0.15) is 17.2 Å². The molecule has 0 aliphatic carbocycles. The van der Waals surface area contributed by atoms with Crippen molar-refractivity contribution in [3.8, 4) is 22.9 Å². The Balaban J connectivity index is 1.84. The Morgan fingerprint density at radius 2 is 1.76 bits per heavy atom. The number of rotatable bonds is 5. The van der Waals surface area contributed by atoms with E-state index < -0.39 is 16.6 Å². The number of nitrogens with zero attached hydrogens (tertiary/aromatic N) is 2. The summed E-state index contributed by atoms with van der Waals surface area (Å²) in [5, 5.41) is 9.46. The van der Waals surface area contributed by atoms with Crippen molar-refractivity contribution in [2.45, 2.75) is 0 Å². The third-order valence-electron chi connectivity index (χ3n) is 3.71. The van der Waals surface area contributed by atoms with Crippen LogP contribution in [-0.4, -0.2) is 25.5 Å². The Bertz CT molecular complexity index is 1020. The minimum atomic E-state index is -0.861. The summed E-state index contributed by atoms with van der Waals surface area (Å²) in [6, 6.07) is 8.70. The summed E-state index contributed by atoms with van der Waals surface area (Å²) in [6.07, 6.45) is 4.78. The summed E-state index contributed by atoms with van der Waals surface area (Å²) in [4.78, 5) is 26.9. The van der Waals surface area contributed by atoms with Crippen LogP contribution in [0.25, 0.3) is 5.69 Å². The summed E-state index contributed by atoms with van der Waals surface area (Å²) < 4.78 is 11.8. The molecule has 0 saturated heterocycles. The first-order chi connectivity index (χ1) is 12.0. The van der Waals surface area contributed by atoms with Gasteiger partial charge in [-0.25, -0.2) is 0 Å². The Morgan fingerprint density at radius 3 is 2.36 bits per heavy atom. The van der Waals surface area contributed by atoms with Crippen molar-refractivity contribution < 1.29 is 19.1 Å². The van der Waals surface area contributed by atoms with Crippen molar-refractivity contribution >= 4 is 11.9 Å². The highest BCUT2D eigenvalue weighted by molar-refractivity contribution is 5.82. The maximum atomic E-state index is 11.5. The van der Waals surface area contributed by atoms with E-state index in [9.17, 15) is 14.7 Å². The molecule has 1 N–H and O–H groups in total. The van der Waals surface area contributed by atoms with Gasteiger partial charge >= 0.3 is 11.1 Å². The molecular weight excluding hydrogens is 324 g/mol. The Morgan fingerprint density at radius 1 is 1.04 bits per heavy atom. The van der Waals surface area contributed by atoms with E-state index in [1.54, 1.807) is 63.2 Å². The molecule has 2 aromatic carbocycles. The van der Waals surface area contributed by atoms with Crippen molar-refractivity contribution in [2.75, 3.05) is 14.2 Å². The highest BCUT2D eigenvalue weighted by Gasteiger charge is 2.28. The van der Waals surface area contributed by atoms with Crippen LogP contribution in [0.1, 0.15) is 5.56 Å². The number of aromatic hydroxyl groups is 1. The SMILES string of the molecule is COc1ccc(N=Cc2cc[n+](-c3c(O)c(=O)c3=O)cc2)c(OC)c1. The van der Waals surface area contributed by atoms with E-state index >= 15 is 0 Å². The molecule has 1 aromatic heterocycles. The monoisotopic (exact) mass is 339 g/mol. The van der Waals surface area contributed by atoms with E-state index in [2.05, 4.69) is 4.99 Å². The predicted octanol–water partition coefficient (Wildman–Crippen LogP) is 1.03. The number of benzene rings is 1. The topological polar surface area (TPSA) is 89.1 Å². The Hall–Kier alpha value is -3.48. The second-order valence-electron chi connectivity index (χ2n) is 5.19. The van der Waals surface area contributed by atoms with Crippen molar-refractivity contribution in [1.29, 1.82) is 0 Å². The molecule has 1 heterocycles. The zero-order valence-electron chi connectivity index (χ0n) is 13.6. The molecular formula is C18H15N2O5+. The molecule has 0 unspecified atom stereocenters. The summed E-state index contributed by atoms with van der Waals surface area (Å²) in [6.45, 7) is 0. The maximum Gasteiger partial charge on any atom is 0.309 e. The number of aliphatic imine (C=N–C) groups is 1. The van der Waals surface area contributed by atoms with Crippen molar-refractivity contribution in [1.82, 2.24) is 0 Å². The molecule has 25 heavy (non-hydrogen) atoms. The first-order valence-electron chi connectivity index (χ1n) is 7.35. The summed E-state index contributed by atoms with van der Waals surface area (Å²) >= 11 is 0. The molecule has 0 saturated carbocycles. The van der Waals surface area contributed by atoms with Gasteiger partial charge in [0.2, 0.25) is 5.75 Å². The molecule has 0 bridgehead atoms. The Labute approximate surface area is 142 Å². The number of pyridine rings is 1. The molecule has 0 amide bonds. The Kier molecular flexibility index (Phi) is 4.30. The van der Waals surface area contributed by atoms with Gasteiger partial charge in [-0.1, -0.05) is 0 Å². The minimum Gasteiger partial charge on any atom is -0.499 e. The highest BCUT2D eigenvalue weighted by Crippen LogP contribution is 2.31. The van der Waals surface area contributed by atoms with Gasteiger partial charge in [0.25, 0.3) is 5.43 Å². The number of ether oxygens (including phenoxy) is 2. The summed E-state index contributed by atoms with van der Waals surface area (Å²) in [5.74, 6) is 0.735. The van der Waals surface area contributed by atoms with E-state index in [0.29, 0.717) is 17.2 Å². The van der Waals surface area contributed by atoms with Gasteiger partial charge in [-0.05, 0) is 12.1 Å². The normalized spacial score (nSPS) is 11.1. The molecule has 126 valence electrons. The van der Waals surface area contributed by atoms with Crippen molar-refractivity contribution in [3.05, 3.63) is 68.7 Å². The average Bonchev–Trinajstić information content (AvgIpc) is 2.67. The van der Waals surface area contributed by atoms with Crippen LogP contribution in [0.15, 0.2) is 57.3 Å². The minimum absolute atomic E-state index is 0.0229. The fourth-order valence-corrected chi connectivity index (χ4v) is 2.32. The van der Waals surface area contributed by atoms with Gasteiger partial charge in [-0.2, -0.15) is 4.57 Å². The third-order valence-corrected chi connectivity index (χ3v) is 3.71. The lowest BCUT2D eigenvalue weighted by molar-refractivity contribution is -0.598. The zero-order valence-corrected chi connectivity index (χ0v) is 13.6. The predicted molar refractivity (Wildman–Crippen MR) is 91.4 cm³/mol.